The Morgan fingerprint density at radius 3 is 2.73 bits per heavy atom. The number of carbonyl (C=O) groups is 1. The summed E-state index contributed by atoms with van der Waals surface area (Å²) < 4.78 is 0.641. The van der Waals surface area contributed by atoms with Gasteiger partial charge in [-0.15, -0.1) is 0 Å². The fraction of sp³-hybridized carbons (Fsp3) is 0.300. The van der Waals surface area contributed by atoms with Crippen molar-refractivity contribution in [3.05, 3.63) is 38.3 Å². The Morgan fingerprint density at radius 2 is 2.20 bits per heavy atom. The summed E-state index contributed by atoms with van der Waals surface area (Å²) in [5.41, 5.74) is 0.459. The number of hydrogen-bond donors (Lipinski definition) is 0. The van der Waals surface area contributed by atoms with Crippen LogP contribution in [0.5, 0.6) is 0 Å². The van der Waals surface area contributed by atoms with Crippen molar-refractivity contribution >= 4 is 27.4 Å². The summed E-state index contributed by atoms with van der Waals surface area (Å²) in [7, 11) is 0. The number of rotatable bonds is 4. The van der Waals surface area contributed by atoms with Crippen molar-refractivity contribution in [2.24, 2.45) is 0 Å². The van der Waals surface area contributed by atoms with Crippen molar-refractivity contribution < 1.29 is 9.72 Å². The second-order valence-electron chi connectivity index (χ2n) is 3.10. The molecule has 0 N–H and O–H groups in total. The molecule has 1 aromatic carbocycles. The van der Waals surface area contributed by atoms with Crippen molar-refractivity contribution in [1.82, 2.24) is 0 Å². The van der Waals surface area contributed by atoms with Gasteiger partial charge in [-0.3, -0.25) is 14.9 Å². The Bertz CT molecular complexity index is 404. The second-order valence-corrected chi connectivity index (χ2v) is 4.01. The van der Waals surface area contributed by atoms with Gasteiger partial charge in [0, 0.05) is 28.9 Å². The molecular weight excluding hydrogens is 262 g/mol. The molecular formula is C10H10BrNO3. The molecule has 0 saturated carbocycles. The van der Waals surface area contributed by atoms with Gasteiger partial charge in [-0.1, -0.05) is 28.9 Å². The number of halogens is 1. The lowest BCUT2D eigenvalue weighted by atomic mass is 10.1. The number of Topliss-reactive ketones (excluding diaryl/α,β-unsaturated/α-hetero) is 1. The van der Waals surface area contributed by atoms with Gasteiger partial charge in [-0.2, -0.15) is 0 Å². The zero-order valence-electron chi connectivity index (χ0n) is 8.20. The number of nitrogens with zero attached hydrogens (tertiary/aromatic N) is 1. The lowest BCUT2D eigenvalue weighted by molar-refractivity contribution is -0.385. The predicted octanol–water partition coefficient (Wildman–Crippen LogP) is 2.88. The van der Waals surface area contributed by atoms with E-state index >= 15 is 0 Å². The van der Waals surface area contributed by atoms with E-state index in [4.69, 9.17) is 0 Å². The second kappa shape index (κ2) is 5.02. The minimum Gasteiger partial charge on any atom is -0.299 e. The largest absolute Gasteiger partial charge is 0.299 e. The number of nitro benzene ring substituents is 1. The summed E-state index contributed by atoms with van der Waals surface area (Å²) in [6.07, 6.45) is 0.521. The Morgan fingerprint density at radius 1 is 1.53 bits per heavy atom. The molecule has 4 nitrogen and oxygen atoms in total. The molecule has 1 rings (SSSR count). The van der Waals surface area contributed by atoms with Crippen LogP contribution in [-0.2, 0) is 11.2 Å². The van der Waals surface area contributed by atoms with Crippen molar-refractivity contribution in [1.29, 1.82) is 0 Å². The van der Waals surface area contributed by atoms with Crippen LogP contribution in [0.1, 0.15) is 18.9 Å². The van der Waals surface area contributed by atoms with E-state index in [1.54, 1.807) is 19.1 Å². The minimum atomic E-state index is -0.469. The number of nitro groups is 1. The molecule has 15 heavy (non-hydrogen) atoms. The van der Waals surface area contributed by atoms with E-state index in [2.05, 4.69) is 15.9 Å². The molecule has 0 bridgehead atoms. The van der Waals surface area contributed by atoms with Crippen molar-refractivity contribution in [3.8, 4) is 0 Å². The molecule has 0 amide bonds. The highest BCUT2D eigenvalue weighted by Crippen LogP contribution is 2.24. The SMILES string of the molecule is CCC(=O)Cc1ccc(Br)cc1[N+](=O)[O-]. The highest BCUT2D eigenvalue weighted by Gasteiger charge is 2.15. The molecule has 1 aromatic rings. The fourth-order valence-corrected chi connectivity index (χ4v) is 1.54. The van der Waals surface area contributed by atoms with E-state index in [-0.39, 0.29) is 17.9 Å². The predicted molar refractivity (Wildman–Crippen MR) is 59.8 cm³/mol. The molecule has 5 heteroatoms. The highest BCUT2D eigenvalue weighted by atomic mass is 79.9. The van der Waals surface area contributed by atoms with Gasteiger partial charge in [0.25, 0.3) is 5.69 Å². The lowest BCUT2D eigenvalue weighted by Gasteiger charge is -2.01. The Labute approximate surface area is 95.6 Å². The summed E-state index contributed by atoms with van der Waals surface area (Å²) in [6.45, 7) is 1.74. The van der Waals surface area contributed by atoms with Crippen LogP contribution in [0.2, 0.25) is 0 Å². The van der Waals surface area contributed by atoms with Crippen molar-refractivity contribution in [2.75, 3.05) is 0 Å². The van der Waals surface area contributed by atoms with Crippen LogP contribution in [0.4, 0.5) is 5.69 Å². The molecule has 0 aliphatic heterocycles. The number of hydrogen-bond acceptors (Lipinski definition) is 3. The van der Waals surface area contributed by atoms with Gasteiger partial charge in [0.2, 0.25) is 0 Å². The molecule has 80 valence electrons. The van der Waals surface area contributed by atoms with Crippen molar-refractivity contribution in [2.45, 2.75) is 19.8 Å². The minimum absolute atomic E-state index is 0.000391. The topological polar surface area (TPSA) is 60.2 Å². The highest BCUT2D eigenvalue weighted by molar-refractivity contribution is 9.10. The number of benzene rings is 1. The zero-order chi connectivity index (χ0) is 11.4. The molecule has 0 fully saturated rings. The lowest BCUT2D eigenvalue weighted by Crippen LogP contribution is -2.03. The molecule has 0 radical (unpaired) electrons. The van der Waals surface area contributed by atoms with E-state index < -0.39 is 4.92 Å². The third-order valence-electron chi connectivity index (χ3n) is 2.03. The van der Waals surface area contributed by atoms with E-state index in [0.29, 0.717) is 16.5 Å². The molecule has 0 unspecified atom stereocenters. The number of carbonyl (C=O) groups excluding carboxylic acids is 1. The Kier molecular flexibility index (Phi) is 3.96. The normalized spacial score (nSPS) is 10.0. The first-order valence-electron chi connectivity index (χ1n) is 4.49. The first kappa shape index (κ1) is 11.8. The first-order valence-corrected chi connectivity index (χ1v) is 5.28. The molecule has 0 heterocycles. The van der Waals surface area contributed by atoms with Gasteiger partial charge in [0.05, 0.1) is 4.92 Å². The standard InChI is InChI=1S/C10H10BrNO3/c1-2-9(13)5-7-3-4-8(11)6-10(7)12(14)15/h3-4,6H,2,5H2,1H3. The van der Waals surface area contributed by atoms with Gasteiger partial charge in [-0.25, -0.2) is 0 Å². The average Bonchev–Trinajstić information content (AvgIpc) is 2.20. The molecule has 0 atom stereocenters. The van der Waals surface area contributed by atoms with Gasteiger partial charge in [0.15, 0.2) is 0 Å². The average molecular weight is 272 g/mol. The molecule has 0 aliphatic carbocycles. The molecule has 0 aliphatic rings. The van der Waals surface area contributed by atoms with Gasteiger partial charge in [0.1, 0.15) is 5.78 Å². The van der Waals surface area contributed by atoms with Gasteiger partial charge in [-0.05, 0) is 6.07 Å². The monoisotopic (exact) mass is 271 g/mol. The molecule has 0 aromatic heterocycles. The van der Waals surface area contributed by atoms with Crippen LogP contribution < -0.4 is 0 Å². The quantitative estimate of drug-likeness (QED) is 0.625. The van der Waals surface area contributed by atoms with E-state index in [9.17, 15) is 14.9 Å². The third-order valence-corrected chi connectivity index (χ3v) is 2.52. The van der Waals surface area contributed by atoms with E-state index in [1.165, 1.54) is 6.07 Å². The fourth-order valence-electron chi connectivity index (χ4n) is 1.19. The first-order chi connectivity index (χ1) is 7.04. The summed E-state index contributed by atoms with van der Waals surface area (Å²) >= 11 is 3.16. The van der Waals surface area contributed by atoms with Crippen LogP contribution in [0.15, 0.2) is 22.7 Å². The zero-order valence-corrected chi connectivity index (χ0v) is 9.78. The molecule has 0 saturated heterocycles. The van der Waals surface area contributed by atoms with Crippen LogP contribution in [-0.4, -0.2) is 10.7 Å². The maximum Gasteiger partial charge on any atom is 0.274 e. The van der Waals surface area contributed by atoms with Gasteiger partial charge >= 0.3 is 0 Å². The molecule has 0 spiro atoms. The van der Waals surface area contributed by atoms with E-state index in [0.717, 1.165) is 0 Å². The van der Waals surface area contributed by atoms with Crippen LogP contribution in [0.25, 0.3) is 0 Å². The summed E-state index contributed by atoms with van der Waals surface area (Å²) in [5, 5.41) is 10.7. The smallest absolute Gasteiger partial charge is 0.274 e. The van der Waals surface area contributed by atoms with E-state index in [1.807, 2.05) is 0 Å². The van der Waals surface area contributed by atoms with Crippen LogP contribution in [0.3, 0.4) is 0 Å². The Hall–Kier alpha value is -1.23. The maximum atomic E-state index is 11.2. The summed E-state index contributed by atoms with van der Waals surface area (Å²) in [5.74, 6) is 0.000391. The van der Waals surface area contributed by atoms with Crippen LogP contribution in [0, 0.1) is 10.1 Å². The summed E-state index contributed by atoms with van der Waals surface area (Å²) in [6, 6.07) is 4.72. The van der Waals surface area contributed by atoms with Gasteiger partial charge < -0.3 is 0 Å². The number of ketones is 1. The summed E-state index contributed by atoms with van der Waals surface area (Å²) in [4.78, 5) is 21.5. The third kappa shape index (κ3) is 3.13. The maximum absolute atomic E-state index is 11.2. The van der Waals surface area contributed by atoms with Crippen LogP contribution >= 0.6 is 15.9 Å². The van der Waals surface area contributed by atoms with Crippen molar-refractivity contribution in [3.63, 3.8) is 0 Å². The Balaban J connectivity index is 3.06.